The molecule has 5 rings (SSSR count). The highest BCUT2D eigenvalue weighted by atomic mass is 79.9. The Morgan fingerprint density at radius 2 is 1.86 bits per heavy atom. The van der Waals surface area contributed by atoms with Gasteiger partial charge in [0.1, 0.15) is 5.82 Å². The fourth-order valence-electron chi connectivity index (χ4n) is 3.20. The number of nitrogens with one attached hydrogen (secondary N) is 1. The first-order valence-corrected chi connectivity index (χ1v) is 9.69. The molecule has 2 aromatic heterocycles. The fourth-order valence-corrected chi connectivity index (χ4v) is 3.43. The number of anilines is 1. The minimum Gasteiger partial charge on any atom is -0.454 e. The average molecular weight is 448 g/mol. The van der Waals surface area contributed by atoms with Crippen LogP contribution in [0.5, 0.6) is 11.5 Å². The lowest BCUT2D eigenvalue weighted by Gasteiger charge is -2.11. The lowest BCUT2D eigenvalue weighted by molar-refractivity contribution is 0.102. The van der Waals surface area contributed by atoms with E-state index >= 15 is 0 Å². The van der Waals surface area contributed by atoms with Gasteiger partial charge in [-0.1, -0.05) is 18.2 Å². The second kappa shape index (κ2) is 7.18. The molecule has 6 nitrogen and oxygen atoms in total. The lowest BCUT2D eigenvalue weighted by atomic mass is 10.0. The van der Waals surface area contributed by atoms with Crippen LogP contribution in [0.25, 0.3) is 22.2 Å². The Balaban J connectivity index is 1.58. The third kappa shape index (κ3) is 3.40. The number of carbonyl (C=O) groups is 1. The van der Waals surface area contributed by atoms with Crippen molar-refractivity contribution in [1.29, 1.82) is 0 Å². The van der Waals surface area contributed by atoms with Gasteiger partial charge in [-0.15, -0.1) is 0 Å². The molecule has 142 valence electrons. The smallest absolute Gasteiger partial charge is 0.257 e. The van der Waals surface area contributed by atoms with Crippen LogP contribution in [0.1, 0.15) is 10.4 Å². The SMILES string of the molecule is O=C(Nc1ccc(Br)cn1)c1cc(-c2ccc3c(c2)OCO3)nc2ccccc12. The molecule has 0 bridgehead atoms. The van der Waals surface area contributed by atoms with Crippen LogP contribution in [-0.2, 0) is 0 Å². The second-order valence-corrected chi connectivity index (χ2v) is 7.37. The van der Waals surface area contributed by atoms with Crippen molar-refractivity contribution >= 4 is 38.6 Å². The van der Waals surface area contributed by atoms with Gasteiger partial charge in [-0.3, -0.25) is 4.79 Å². The number of carbonyl (C=O) groups excluding carboxylic acids is 1. The van der Waals surface area contributed by atoms with E-state index in [0.29, 0.717) is 28.6 Å². The van der Waals surface area contributed by atoms with Gasteiger partial charge in [0.2, 0.25) is 6.79 Å². The third-order valence-electron chi connectivity index (χ3n) is 4.60. The van der Waals surface area contributed by atoms with E-state index in [4.69, 9.17) is 14.5 Å². The lowest BCUT2D eigenvalue weighted by Crippen LogP contribution is -2.14. The molecule has 1 N–H and O–H groups in total. The van der Waals surface area contributed by atoms with Gasteiger partial charge in [0.25, 0.3) is 5.91 Å². The van der Waals surface area contributed by atoms with Crippen molar-refractivity contribution in [3.05, 3.63) is 76.9 Å². The molecular weight excluding hydrogens is 434 g/mol. The Morgan fingerprint density at radius 3 is 2.72 bits per heavy atom. The maximum absolute atomic E-state index is 13.0. The second-order valence-electron chi connectivity index (χ2n) is 6.46. The number of nitrogens with zero attached hydrogens (tertiary/aromatic N) is 2. The normalized spacial score (nSPS) is 12.2. The van der Waals surface area contributed by atoms with E-state index in [1.54, 1.807) is 18.3 Å². The van der Waals surface area contributed by atoms with E-state index in [1.165, 1.54) is 0 Å². The van der Waals surface area contributed by atoms with Crippen molar-refractivity contribution in [2.75, 3.05) is 12.1 Å². The van der Waals surface area contributed by atoms with Crippen LogP contribution in [0.15, 0.2) is 71.3 Å². The van der Waals surface area contributed by atoms with Crippen molar-refractivity contribution < 1.29 is 14.3 Å². The number of hydrogen-bond acceptors (Lipinski definition) is 5. The Labute approximate surface area is 174 Å². The van der Waals surface area contributed by atoms with Crippen LogP contribution < -0.4 is 14.8 Å². The minimum absolute atomic E-state index is 0.206. The number of aromatic nitrogens is 2. The van der Waals surface area contributed by atoms with Crippen LogP contribution in [0.2, 0.25) is 0 Å². The molecule has 0 saturated heterocycles. The molecule has 2 aromatic carbocycles. The van der Waals surface area contributed by atoms with Gasteiger partial charge in [0.05, 0.1) is 16.8 Å². The molecule has 3 heterocycles. The molecule has 29 heavy (non-hydrogen) atoms. The molecule has 1 amide bonds. The molecule has 0 aliphatic carbocycles. The number of benzene rings is 2. The minimum atomic E-state index is -0.250. The summed E-state index contributed by atoms with van der Waals surface area (Å²) in [7, 11) is 0. The predicted molar refractivity (Wildman–Crippen MR) is 113 cm³/mol. The summed E-state index contributed by atoms with van der Waals surface area (Å²) in [5, 5.41) is 3.62. The predicted octanol–water partition coefficient (Wildman–Crippen LogP) is 5.04. The zero-order chi connectivity index (χ0) is 19.8. The van der Waals surface area contributed by atoms with Crippen LogP contribution in [0.4, 0.5) is 5.82 Å². The topological polar surface area (TPSA) is 73.3 Å². The molecule has 1 aliphatic heterocycles. The van der Waals surface area contributed by atoms with Crippen molar-refractivity contribution in [3.63, 3.8) is 0 Å². The van der Waals surface area contributed by atoms with Crippen molar-refractivity contribution in [2.24, 2.45) is 0 Å². The largest absolute Gasteiger partial charge is 0.454 e. The fraction of sp³-hybridized carbons (Fsp3) is 0.0455. The molecule has 1 aliphatic rings. The Kier molecular flexibility index (Phi) is 4.37. The van der Waals surface area contributed by atoms with Crippen LogP contribution in [0, 0.1) is 0 Å². The highest BCUT2D eigenvalue weighted by molar-refractivity contribution is 9.10. The molecule has 4 aromatic rings. The monoisotopic (exact) mass is 447 g/mol. The van der Waals surface area contributed by atoms with Gasteiger partial charge in [-0.25, -0.2) is 9.97 Å². The molecule has 0 unspecified atom stereocenters. The summed E-state index contributed by atoms with van der Waals surface area (Å²) in [5.41, 5.74) is 2.77. The molecule has 7 heteroatoms. The summed E-state index contributed by atoms with van der Waals surface area (Å²) in [4.78, 5) is 22.0. The zero-order valence-corrected chi connectivity index (χ0v) is 16.6. The standard InChI is InChI=1S/C22H14BrN3O3/c23-14-6-8-21(24-11-14)26-22(27)16-10-18(25-17-4-2-1-3-15(16)17)13-5-7-19-20(9-13)29-12-28-19/h1-11H,12H2,(H,24,26,27). The summed E-state index contributed by atoms with van der Waals surface area (Å²) >= 11 is 3.34. The average Bonchev–Trinajstić information content (AvgIpc) is 3.22. The number of ether oxygens (including phenoxy) is 2. The molecule has 0 spiro atoms. The summed E-state index contributed by atoms with van der Waals surface area (Å²) in [6.45, 7) is 0.206. The number of fused-ring (bicyclic) bond motifs is 2. The Bertz CT molecular complexity index is 1240. The maximum atomic E-state index is 13.0. The van der Waals surface area contributed by atoms with Gasteiger partial charge in [0, 0.05) is 21.6 Å². The van der Waals surface area contributed by atoms with Crippen molar-refractivity contribution in [2.45, 2.75) is 0 Å². The van der Waals surface area contributed by atoms with Gasteiger partial charge in [-0.05, 0) is 58.4 Å². The van der Waals surface area contributed by atoms with Crippen LogP contribution in [0.3, 0.4) is 0 Å². The first-order chi connectivity index (χ1) is 14.2. The Hall–Kier alpha value is -3.45. The number of amides is 1. The first-order valence-electron chi connectivity index (χ1n) is 8.90. The molecule has 0 fully saturated rings. The van der Waals surface area contributed by atoms with Gasteiger partial charge < -0.3 is 14.8 Å². The van der Waals surface area contributed by atoms with Crippen LogP contribution >= 0.6 is 15.9 Å². The zero-order valence-electron chi connectivity index (χ0n) is 15.1. The van der Waals surface area contributed by atoms with E-state index < -0.39 is 0 Å². The van der Waals surface area contributed by atoms with E-state index in [9.17, 15) is 4.79 Å². The molecule has 0 atom stereocenters. The Morgan fingerprint density at radius 1 is 1.00 bits per heavy atom. The maximum Gasteiger partial charge on any atom is 0.257 e. The van der Waals surface area contributed by atoms with Crippen LogP contribution in [-0.4, -0.2) is 22.7 Å². The molecular formula is C22H14BrN3O3. The van der Waals surface area contributed by atoms with E-state index in [0.717, 1.165) is 20.9 Å². The third-order valence-corrected chi connectivity index (χ3v) is 5.07. The summed E-state index contributed by atoms with van der Waals surface area (Å²) in [6.07, 6.45) is 1.64. The number of rotatable bonds is 3. The highest BCUT2D eigenvalue weighted by Crippen LogP contribution is 2.36. The van der Waals surface area contributed by atoms with E-state index in [-0.39, 0.29) is 12.7 Å². The van der Waals surface area contributed by atoms with E-state index in [1.807, 2.05) is 48.5 Å². The summed E-state index contributed by atoms with van der Waals surface area (Å²) < 4.78 is 11.7. The summed E-state index contributed by atoms with van der Waals surface area (Å²) in [6, 6.07) is 18.5. The quantitative estimate of drug-likeness (QED) is 0.476. The number of pyridine rings is 2. The van der Waals surface area contributed by atoms with Gasteiger partial charge in [-0.2, -0.15) is 0 Å². The summed E-state index contributed by atoms with van der Waals surface area (Å²) in [5.74, 6) is 1.60. The van der Waals surface area contributed by atoms with Gasteiger partial charge >= 0.3 is 0 Å². The van der Waals surface area contributed by atoms with E-state index in [2.05, 4.69) is 26.2 Å². The van der Waals surface area contributed by atoms with Crippen molar-refractivity contribution in [3.8, 4) is 22.8 Å². The van der Waals surface area contributed by atoms with Crippen molar-refractivity contribution in [1.82, 2.24) is 9.97 Å². The molecule has 0 radical (unpaired) electrons. The highest BCUT2D eigenvalue weighted by Gasteiger charge is 2.18. The number of halogens is 1. The molecule has 0 saturated carbocycles. The number of para-hydroxylation sites is 1. The first kappa shape index (κ1) is 17.6. The number of hydrogen-bond donors (Lipinski definition) is 1. The van der Waals surface area contributed by atoms with Gasteiger partial charge in [0.15, 0.2) is 11.5 Å².